The van der Waals surface area contributed by atoms with Crippen LogP contribution in [0.5, 0.6) is 5.75 Å². The number of fused-ring (bicyclic) bond motifs is 1. The van der Waals surface area contributed by atoms with E-state index in [4.69, 9.17) is 0 Å². The number of benzene rings is 1. The Morgan fingerprint density at radius 2 is 2.25 bits per heavy atom. The molecule has 0 bridgehead atoms. The van der Waals surface area contributed by atoms with Crippen LogP contribution >= 0.6 is 0 Å². The molecule has 1 aliphatic rings. The van der Waals surface area contributed by atoms with Crippen molar-refractivity contribution in [1.82, 2.24) is 0 Å². The van der Waals surface area contributed by atoms with E-state index in [0.29, 0.717) is 5.75 Å². The molecule has 0 fully saturated rings. The molecule has 0 aromatic heterocycles. The first kappa shape index (κ1) is 7.47. The van der Waals surface area contributed by atoms with E-state index in [1.807, 2.05) is 19.1 Å². The molecule has 1 aromatic carbocycles. The fraction of sp³-hybridized carbons (Fsp3) is 0.400. The Bertz CT molecular complexity index is 307. The van der Waals surface area contributed by atoms with E-state index < -0.39 is 0 Å². The second-order valence-electron chi connectivity index (χ2n) is 3.29. The normalized spacial score (nSPS) is 15.1. The predicted molar refractivity (Wildman–Crippen MR) is 49.7 cm³/mol. The molecule has 0 amide bonds. The van der Waals surface area contributed by atoms with Crippen molar-refractivity contribution in [2.45, 2.75) is 19.8 Å². The number of phenolic OH excluding ortho intramolecular Hbond substituents is 1. The van der Waals surface area contributed by atoms with Crippen molar-refractivity contribution in [2.75, 3.05) is 11.9 Å². The maximum Gasteiger partial charge on any atom is 0.123 e. The third kappa shape index (κ3) is 1.04. The summed E-state index contributed by atoms with van der Waals surface area (Å²) < 4.78 is 0. The molecule has 12 heavy (non-hydrogen) atoms. The zero-order valence-electron chi connectivity index (χ0n) is 7.22. The Kier molecular flexibility index (Phi) is 1.68. The van der Waals surface area contributed by atoms with Gasteiger partial charge in [0.05, 0.1) is 0 Å². The largest absolute Gasteiger partial charge is 0.507 e. The molecule has 2 N–H and O–H groups in total. The summed E-state index contributed by atoms with van der Waals surface area (Å²) >= 11 is 0. The average Bonchev–Trinajstić information content (AvgIpc) is 2.12. The molecule has 0 unspecified atom stereocenters. The van der Waals surface area contributed by atoms with Gasteiger partial charge in [0, 0.05) is 17.8 Å². The van der Waals surface area contributed by atoms with Crippen LogP contribution in [0.3, 0.4) is 0 Å². The highest BCUT2D eigenvalue weighted by molar-refractivity contribution is 5.61. The monoisotopic (exact) mass is 163 g/mol. The van der Waals surface area contributed by atoms with E-state index >= 15 is 0 Å². The quantitative estimate of drug-likeness (QED) is 0.613. The third-order valence-electron chi connectivity index (χ3n) is 2.40. The van der Waals surface area contributed by atoms with Gasteiger partial charge in [0.1, 0.15) is 5.75 Å². The van der Waals surface area contributed by atoms with Gasteiger partial charge in [-0.25, -0.2) is 0 Å². The lowest BCUT2D eigenvalue weighted by Gasteiger charge is -2.19. The maximum absolute atomic E-state index is 9.70. The summed E-state index contributed by atoms with van der Waals surface area (Å²) in [5, 5.41) is 13.0. The Balaban J connectivity index is 2.54. The molecule has 1 aliphatic heterocycles. The Morgan fingerprint density at radius 3 is 3.08 bits per heavy atom. The first-order valence-electron chi connectivity index (χ1n) is 4.34. The lowest BCUT2D eigenvalue weighted by atomic mass is 10.00. The summed E-state index contributed by atoms with van der Waals surface area (Å²) in [4.78, 5) is 0. The van der Waals surface area contributed by atoms with Gasteiger partial charge >= 0.3 is 0 Å². The van der Waals surface area contributed by atoms with Crippen LogP contribution in [-0.4, -0.2) is 11.7 Å². The molecule has 2 nitrogen and oxygen atoms in total. The second kappa shape index (κ2) is 2.70. The van der Waals surface area contributed by atoms with Crippen molar-refractivity contribution in [3.63, 3.8) is 0 Å². The van der Waals surface area contributed by atoms with E-state index in [9.17, 15) is 5.11 Å². The number of phenols is 1. The second-order valence-corrected chi connectivity index (χ2v) is 3.29. The molecule has 1 aromatic rings. The highest BCUT2D eigenvalue weighted by atomic mass is 16.3. The van der Waals surface area contributed by atoms with Crippen LogP contribution in [0.25, 0.3) is 0 Å². The molecule has 0 saturated carbocycles. The Morgan fingerprint density at radius 1 is 1.42 bits per heavy atom. The Labute approximate surface area is 72.2 Å². The SMILES string of the molecule is Cc1ccc2c(c1O)CCCN2. The minimum atomic E-state index is 0.472. The van der Waals surface area contributed by atoms with Crippen molar-refractivity contribution in [1.29, 1.82) is 0 Å². The third-order valence-corrected chi connectivity index (χ3v) is 2.40. The number of aryl methyl sites for hydroxylation is 1. The van der Waals surface area contributed by atoms with Gasteiger partial charge in [-0.05, 0) is 31.4 Å². The molecule has 0 aliphatic carbocycles. The molecule has 0 spiro atoms. The minimum absolute atomic E-state index is 0.472. The minimum Gasteiger partial charge on any atom is -0.507 e. The fourth-order valence-corrected chi connectivity index (χ4v) is 1.66. The zero-order valence-corrected chi connectivity index (χ0v) is 7.22. The summed E-state index contributed by atoms with van der Waals surface area (Å²) in [5.41, 5.74) is 3.16. The van der Waals surface area contributed by atoms with Gasteiger partial charge in [0.2, 0.25) is 0 Å². The lowest BCUT2D eigenvalue weighted by molar-refractivity contribution is 0.462. The van der Waals surface area contributed by atoms with Crippen LogP contribution in [0.4, 0.5) is 5.69 Å². The molecular formula is C10H13NO. The first-order valence-corrected chi connectivity index (χ1v) is 4.34. The summed E-state index contributed by atoms with van der Waals surface area (Å²) in [6, 6.07) is 4.00. The van der Waals surface area contributed by atoms with Gasteiger partial charge in [0.25, 0.3) is 0 Å². The fourth-order valence-electron chi connectivity index (χ4n) is 1.66. The standard InChI is InChI=1S/C10H13NO/c1-7-4-5-9-8(10(7)12)3-2-6-11-9/h4-5,11-12H,2-3,6H2,1H3. The van der Waals surface area contributed by atoms with Gasteiger partial charge in [0.15, 0.2) is 0 Å². The van der Waals surface area contributed by atoms with Crippen molar-refractivity contribution in [3.05, 3.63) is 23.3 Å². The van der Waals surface area contributed by atoms with Crippen LogP contribution in [0.15, 0.2) is 12.1 Å². The number of aromatic hydroxyl groups is 1. The van der Waals surface area contributed by atoms with Crippen molar-refractivity contribution >= 4 is 5.69 Å². The van der Waals surface area contributed by atoms with E-state index in [0.717, 1.165) is 36.2 Å². The summed E-state index contributed by atoms with van der Waals surface area (Å²) in [6.07, 6.45) is 2.11. The topological polar surface area (TPSA) is 32.3 Å². The van der Waals surface area contributed by atoms with Crippen molar-refractivity contribution in [2.24, 2.45) is 0 Å². The van der Waals surface area contributed by atoms with E-state index in [2.05, 4.69) is 5.32 Å². The maximum atomic E-state index is 9.70. The van der Waals surface area contributed by atoms with Gasteiger partial charge in [-0.3, -0.25) is 0 Å². The van der Waals surface area contributed by atoms with Crippen molar-refractivity contribution in [3.8, 4) is 5.75 Å². The molecule has 0 radical (unpaired) electrons. The summed E-state index contributed by atoms with van der Waals surface area (Å²) in [5.74, 6) is 0.472. The first-order chi connectivity index (χ1) is 5.79. The van der Waals surface area contributed by atoms with Gasteiger partial charge in [-0.2, -0.15) is 0 Å². The lowest BCUT2D eigenvalue weighted by Crippen LogP contribution is -2.11. The number of anilines is 1. The molecule has 64 valence electrons. The molecule has 0 saturated heterocycles. The highest BCUT2D eigenvalue weighted by Crippen LogP contribution is 2.32. The van der Waals surface area contributed by atoms with Gasteiger partial charge < -0.3 is 10.4 Å². The smallest absolute Gasteiger partial charge is 0.123 e. The summed E-state index contributed by atoms with van der Waals surface area (Å²) in [7, 11) is 0. The zero-order chi connectivity index (χ0) is 8.55. The number of rotatable bonds is 0. The Hall–Kier alpha value is -1.18. The van der Waals surface area contributed by atoms with Crippen LogP contribution in [0.2, 0.25) is 0 Å². The van der Waals surface area contributed by atoms with Crippen LogP contribution in [0.1, 0.15) is 17.5 Å². The van der Waals surface area contributed by atoms with Gasteiger partial charge in [-0.1, -0.05) is 6.07 Å². The predicted octanol–water partition coefficient (Wildman–Crippen LogP) is 2.06. The van der Waals surface area contributed by atoms with E-state index in [1.165, 1.54) is 0 Å². The molecule has 0 atom stereocenters. The molecule has 2 heteroatoms. The number of nitrogens with one attached hydrogen (secondary N) is 1. The van der Waals surface area contributed by atoms with E-state index in [1.54, 1.807) is 0 Å². The highest BCUT2D eigenvalue weighted by Gasteiger charge is 2.13. The molecule has 2 rings (SSSR count). The summed E-state index contributed by atoms with van der Waals surface area (Å²) in [6.45, 7) is 2.96. The molecule has 1 heterocycles. The average molecular weight is 163 g/mol. The van der Waals surface area contributed by atoms with Crippen LogP contribution in [0, 0.1) is 6.92 Å². The van der Waals surface area contributed by atoms with Crippen LogP contribution < -0.4 is 5.32 Å². The van der Waals surface area contributed by atoms with E-state index in [-0.39, 0.29) is 0 Å². The number of hydrogen-bond acceptors (Lipinski definition) is 2. The molecular weight excluding hydrogens is 150 g/mol. The van der Waals surface area contributed by atoms with Crippen LogP contribution in [-0.2, 0) is 6.42 Å². The van der Waals surface area contributed by atoms with Gasteiger partial charge in [-0.15, -0.1) is 0 Å². The van der Waals surface area contributed by atoms with Crippen molar-refractivity contribution < 1.29 is 5.11 Å². The number of hydrogen-bond donors (Lipinski definition) is 2.